The minimum atomic E-state index is -4.62. The van der Waals surface area contributed by atoms with Crippen LogP contribution in [0.2, 0.25) is 0 Å². The number of rotatable bonds is 3. The van der Waals surface area contributed by atoms with Gasteiger partial charge < -0.3 is 9.88 Å². The molecular formula is C17H16F3N7O. The van der Waals surface area contributed by atoms with E-state index in [4.69, 9.17) is 0 Å². The molecule has 3 aromatic rings. The molecule has 1 N–H and O–H groups in total. The summed E-state index contributed by atoms with van der Waals surface area (Å²) in [4.78, 5) is 24.6. The number of anilines is 1. The number of aryl methyl sites for hydroxylation is 1. The standard InChI is InChI=1S/C17H16F3N7O/c1-26-9-11(13(25-26)10-8-21-5-6-22-10)23-15(28)14-12-4-2-3-7-27(12)16(24-14)17(18,19)20/h5-6,8-9H,2-4,7H2,1H3,(H,23,28). The molecule has 1 aliphatic rings. The molecule has 3 aromatic heterocycles. The summed E-state index contributed by atoms with van der Waals surface area (Å²) < 4.78 is 42.6. The first-order valence-corrected chi connectivity index (χ1v) is 8.62. The molecule has 0 fully saturated rings. The molecule has 146 valence electrons. The fourth-order valence-corrected chi connectivity index (χ4v) is 3.31. The van der Waals surface area contributed by atoms with E-state index in [9.17, 15) is 18.0 Å². The summed E-state index contributed by atoms with van der Waals surface area (Å²) in [6.45, 7) is 0.197. The number of carbonyl (C=O) groups is 1. The topological polar surface area (TPSA) is 90.5 Å². The van der Waals surface area contributed by atoms with E-state index in [1.165, 1.54) is 23.3 Å². The third-order valence-electron chi connectivity index (χ3n) is 4.47. The molecule has 0 atom stereocenters. The first-order valence-electron chi connectivity index (χ1n) is 8.62. The lowest BCUT2D eigenvalue weighted by Gasteiger charge is -2.18. The van der Waals surface area contributed by atoms with Gasteiger partial charge in [-0.05, 0) is 19.3 Å². The van der Waals surface area contributed by atoms with Gasteiger partial charge in [-0.1, -0.05) is 0 Å². The zero-order valence-corrected chi connectivity index (χ0v) is 14.9. The maximum absolute atomic E-state index is 13.3. The van der Waals surface area contributed by atoms with Crippen molar-refractivity contribution < 1.29 is 18.0 Å². The lowest BCUT2D eigenvalue weighted by Crippen LogP contribution is -2.20. The number of halogens is 3. The predicted molar refractivity (Wildman–Crippen MR) is 92.4 cm³/mol. The van der Waals surface area contributed by atoms with Crippen LogP contribution in [-0.4, -0.2) is 35.2 Å². The van der Waals surface area contributed by atoms with E-state index < -0.39 is 17.9 Å². The summed E-state index contributed by atoms with van der Waals surface area (Å²) in [7, 11) is 1.66. The van der Waals surface area contributed by atoms with Crippen LogP contribution in [-0.2, 0) is 26.2 Å². The zero-order chi connectivity index (χ0) is 19.9. The van der Waals surface area contributed by atoms with E-state index in [-0.39, 0.29) is 12.2 Å². The number of alkyl halides is 3. The van der Waals surface area contributed by atoms with Crippen molar-refractivity contribution in [2.75, 3.05) is 5.32 Å². The highest BCUT2D eigenvalue weighted by Crippen LogP contribution is 2.33. The number of hydrogen-bond donors (Lipinski definition) is 1. The van der Waals surface area contributed by atoms with Gasteiger partial charge in [0, 0.05) is 32.2 Å². The van der Waals surface area contributed by atoms with Crippen molar-refractivity contribution >= 4 is 11.6 Å². The molecule has 4 heterocycles. The van der Waals surface area contributed by atoms with Gasteiger partial charge >= 0.3 is 6.18 Å². The smallest absolute Gasteiger partial charge is 0.324 e. The van der Waals surface area contributed by atoms with E-state index >= 15 is 0 Å². The van der Waals surface area contributed by atoms with E-state index in [0.29, 0.717) is 42.0 Å². The van der Waals surface area contributed by atoms with Crippen LogP contribution in [0.5, 0.6) is 0 Å². The quantitative estimate of drug-likeness (QED) is 0.741. The van der Waals surface area contributed by atoms with Gasteiger partial charge in [0.1, 0.15) is 17.1 Å². The fraction of sp³-hybridized carbons (Fsp3) is 0.353. The average molecular weight is 391 g/mol. The molecule has 0 aliphatic carbocycles. The normalized spacial score (nSPS) is 14.0. The molecule has 0 saturated heterocycles. The summed E-state index contributed by atoms with van der Waals surface area (Å²) in [5.41, 5.74) is 1.22. The lowest BCUT2D eigenvalue weighted by atomic mass is 10.1. The van der Waals surface area contributed by atoms with Crippen LogP contribution in [0.25, 0.3) is 11.4 Å². The Kier molecular flexibility index (Phi) is 4.36. The number of nitrogens with one attached hydrogen (secondary N) is 1. The molecule has 1 amide bonds. The summed E-state index contributed by atoms with van der Waals surface area (Å²) in [6.07, 6.45) is 3.10. The second-order valence-electron chi connectivity index (χ2n) is 6.45. The monoisotopic (exact) mass is 391 g/mol. The number of imidazole rings is 1. The number of aromatic nitrogens is 6. The van der Waals surface area contributed by atoms with Crippen molar-refractivity contribution in [3.8, 4) is 11.4 Å². The van der Waals surface area contributed by atoms with Gasteiger partial charge in [0.05, 0.1) is 17.6 Å². The Morgan fingerprint density at radius 3 is 2.79 bits per heavy atom. The number of nitrogens with zero attached hydrogens (tertiary/aromatic N) is 6. The Balaban J connectivity index is 1.70. The SMILES string of the molecule is Cn1cc(NC(=O)c2nc(C(F)(F)F)n3c2CCCC3)c(-c2cnccn2)n1. The molecule has 0 bridgehead atoms. The second-order valence-corrected chi connectivity index (χ2v) is 6.45. The van der Waals surface area contributed by atoms with Gasteiger partial charge in [0.25, 0.3) is 5.91 Å². The highest BCUT2D eigenvalue weighted by Gasteiger charge is 2.40. The number of carbonyl (C=O) groups excluding carboxylic acids is 1. The highest BCUT2D eigenvalue weighted by molar-refractivity contribution is 6.05. The minimum Gasteiger partial charge on any atom is -0.324 e. The van der Waals surface area contributed by atoms with Gasteiger partial charge in [-0.3, -0.25) is 19.4 Å². The van der Waals surface area contributed by atoms with Gasteiger partial charge in [0.2, 0.25) is 5.82 Å². The van der Waals surface area contributed by atoms with Gasteiger partial charge in [0.15, 0.2) is 0 Å². The summed E-state index contributed by atoms with van der Waals surface area (Å²) in [6, 6.07) is 0. The van der Waals surface area contributed by atoms with Gasteiger partial charge in [-0.25, -0.2) is 4.98 Å². The number of hydrogen-bond acceptors (Lipinski definition) is 5. The Bertz CT molecular complexity index is 1020. The summed E-state index contributed by atoms with van der Waals surface area (Å²) >= 11 is 0. The molecule has 28 heavy (non-hydrogen) atoms. The van der Waals surface area contributed by atoms with Crippen LogP contribution >= 0.6 is 0 Å². The van der Waals surface area contributed by atoms with Crippen LogP contribution < -0.4 is 5.32 Å². The third-order valence-corrected chi connectivity index (χ3v) is 4.47. The molecule has 8 nitrogen and oxygen atoms in total. The maximum atomic E-state index is 13.3. The molecule has 0 aromatic carbocycles. The molecule has 0 radical (unpaired) electrons. The Labute approximate surface area is 157 Å². The van der Waals surface area contributed by atoms with Crippen molar-refractivity contribution in [1.29, 1.82) is 0 Å². The van der Waals surface area contributed by atoms with E-state index in [1.807, 2.05) is 0 Å². The first-order chi connectivity index (χ1) is 13.3. The molecule has 1 aliphatic heterocycles. The number of fused-ring (bicyclic) bond motifs is 1. The molecule has 0 unspecified atom stereocenters. The number of amides is 1. The average Bonchev–Trinajstić information content (AvgIpc) is 3.23. The van der Waals surface area contributed by atoms with Crippen molar-refractivity contribution in [1.82, 2.24) is 29.3 Å². The molecule has 0 spiro atoms. The largest absolute Gasteiger partial charge is 0.449 e. The van der Waals surface area contributed by atoms with Gasteiger partial charge in [-0.15, -0.1) is 0 Å². The predicted octanol–water partition coefficient (Wildman–Crippen LogP) is 2.68. The third kappa shape index (κ3) is 3.23. The zero-order valence-electron chi connectivity index (χ0n) is 14.9. The molecule has 11 heteroatoms. The Hall–Kier alpha value is -3.24. The highest BCUT2D eigenvalue weighted by atomic mass is 19.4. The van der Waals surface area contributed by atoms with Crippen molar-refractivity contribution in [2.45, 2.75) is 32.0 Å². The first kappa shape index (κ1) is 18.1. The fourth-order valence-electron chi connectivity index (χ4n) is 3.31. The van der Waals surface area contributed by atoms with Gasteiger partial charge in [-0.2, -0.15) is 18.3 Å². The lowest BCUT2D eigenvalue weighted by molar-refractivity contribution is -0.147. The summed E-state index contributed by atoms with van der Waals surface area (Å²) in [5, 5.41) is 6.88. The Morgan fingerprint density at radius 1 is 1.25 bits per heavy atom. The van der Waals surface area contributed by atoms with Crippen LogP contribution in [0.1, 0.15) is 34.8 Å². The van der Waals surface area contributed by atoms with Crippen molar-refractivity contribution in [3.05, 3.63) is 42.0 Å². The van der Waals surface area contributed by atoms with E-state index in [0.717, 1.165) is 4.57 Å². The van der Waals surface area contributed by atoms with Crippen LogP contribution in [0.4, 0.5) is 18.9 Å². The molecule has 0 saturated carbocycles. The van der Waals surface area contributed by atoms with Crippen LogP contribution in [0.15, 0.2) is 24.8 Å². The van der Waals surface area contributed by atoms with Crippen LogP contribution in [0, 0.1) is 0 Å². The van der Waals surface area contributed by atoms with E-state index in [1.54, 1.807) is 13.2 Å². The van der Waals surface area contributed by atoms with Crippen molar-refractivity contribution in [2.24, 2.45) is 7.05 Å². The second kappa shape index (κ2) is 6.73. The van der Waals surface area contributed by atoms with Crippen LogP contribution in [0.3, 0.4) is 0 Å². The molecule has 4 rings (SSSR count). The van der Waals surface area contributed by atoms with Crippen molar-refractivity contribution in [3.63, 3.8) is 0 Å². The Morgan fingerprint density at radius 2 is 2.07 bits per heavy atom. The maximum Gasteiger partial charge on any atom is 0.449 e. The summed E-state index contributed by atoms with van der Waals surface area (Å²) in [5.74, 6) is -1.74. The molecular weight excluding hydrogens is 375 g/mol. The van der Waals surface area contributed by atoms with E-state index in [2.05, 4.69) is 25.4 Å². The minimum absolute atomic E-state index is 0.197.